The summed E-state index contributed by atoms with van der Waals surface area (Å²) >= 11 is 0. The van der Waals surface area contributed by atoms with Gasteiger partial charge in [0.15, 0.2) is 0 Å². The van der Waals surface area contributed by atoms with Crippen LogP contribution in [0.25, 0.3) is 0 Å². The van der Waals surface area contributed by atoms with E-state index in [1.165, 1.54) is 12.8 Å². The molecule has 3 rings (SSSR count). The predicted molar refractivity (Wildman–Crippen MR) is 90.0 cm³/mol. The molecule has 0 bridgehead atoms. The van der Waals surface area contributed by atoms with Crippen LogP contribution in [0.15, 0.2) is 24.3 Å². The Morgan fingerprint density at radius 3 is 2.42 bits per heavy atom. The zero-order valence-electron chi connectivity index (χ0n) is 13.9. The number of rotatable bonds is 5. The van der Waals surface area contributed by atoms with E-state index in [2.05, 4.69) is 0 Å². The highest BCUT2D eigenvalue weighted by Gasteiger charge is 2.30. The molecule has 5 heteroatoms. The zero-order chi connectivity index (χ0) is 16.9. The van der Waals surface area contributed by atoms with Crippen LogP contribution < -0.4 is 0 Å². The Kier molecular flexibility index (Phi) is 5.51. The first kappa shape index (κ1) is 17.0. The van der Waals surface area contributed by atoms with E-state index in [0.717, 1.165) is 38.1 Å². The Morgan fingerprint density at radius 2 is 1.83 bits per heavy atom. The summed E-state index contributed by atoms with van der Waals surface area (Å²) in [6, 6.07) is 6.77. The predicted octanol–water partition coefficient (Wildman–Crippen LogP) is 2.74. The molecule has 0 spiro atoms. The Labute approximate surface area is 142 Å². The van der Waals surface area contributed by atoms with Crippen molar-refractivity contribution < 1.29 is 19.4 Å². The topological polar surface area (TPSA) is 66.8 Å². The minimum atomic E-state index is -0.924. The Hall–Kier alpha value is -1.88. The van der Waals surface area contributed by atoms with Gasteiger partial charge in [0.1, 0.15) is 0 Å². The van der Waals surface area contributed by atoms with Crippen LogP contribution in [0.4, 0.5) is 0 Å². The number of ether oxygens (including phenoxy) is 1. The molecule has 130 valence electrons. The fourth-order valence-corrected chi connectivity index (χ4v) is 3.72. The molecule has 1 unspecified atom stereocenters. The van der Waals surface area contributed by atoms with Crippen LogP contribution in [0.3, 0.4) is 0 Å². The smallest absolute Gasteiger partial charge is 0.335 e. The summed E-state index contributed by atoms with van der Waals surface area (Å²) in [5.74, 6) is -0.116. The molecule has 2 saturated heterocycles. The third-order valence-corrected chi connectivity index (χ3v) is 5.21. The van der Waals surface area contributed by atoms with Crippen LogP contribution in [0.2, 0.25) is 0 Å². The van der Waals surface area contributed by atoms with Crippen molar-refractivity contribution in [1.82, 2.24) is 4.90 Å². The standard InChI is InChI=1S/C19H25NO4/c21-18(8-5-14-3-6-16(7-4-14)19(22)23)20-11-9-15(10-12-20)17-2-1-13-24-17/h3-4,6-7,15,17H,1-2,5,8-13H2,(H,22,23). The van der Waals surface area contributed by atoms with Gasteiger partial charge in [-0.25, -0.2) is 4.79 Å². The molecule has 2 aliphatic heterocycles. The maximum Gasteiger partial charge on any atom is 0.335 e. The number of aromatic carboxylic acids is 1. The van der Waals surface area contributed by atoms with Gasteiger partial charge in [0.25, 0.3) is 0 Å². The lowest BCUT2D eigenvalue weighted by atomic mass is 9.89. The van der Waals surface area contributed by atoms with Crippen LogP contribution in [0.1, 0.15) is 48.0 Å². The molecule has 0 radical (unpaired) electrons. The monoisotopic (exact) mass is 331 g/mol. The van der Waals surface area contributed by atoms with E-state index in [1.807, 2.05) is 4.90 Å². The minimum absolute atomic E-state index is 0.197. The molecule has 1 N–H and O–H groups in total. The number of piperidine rings is 1. The largest absolute Gasteiger partial charge is 0.478 e. The van der Waals surface area contributed by atoms with E-state index in [4.69, 9.17) is 9.84 Å². The highest BCUT2D eigenvalue weighted by Crippen LogP contribution is 2.29. The lowest BCUT2D eigenvalue weighted by molar-refractivity contribution is -0.133. The first-order valence-electron chi connectivity index (χ1n) is 8.85. The van der Waals surface area contributed by atoms with Gasteiger partial charge in [0.05, 0.1) is 11.7 Å². The summed E-state index contributed by atoms with van der Waals surface area (Å²) < 4.78 is 5.77. The van der Waals surface area contributed by atoms with Gasteiger partial charge >= 0.3 is 5.97 Å². The third kappa shape index (κ3) is 4.15. The molecule has 5 nitrogen and oxygen atoms in total. The van der Waals surface area contributed by atoms with Crippen LogP contribution in [-0.4, -0.2) is 47.7 Å². The van der Waals surface area contributed by atoms with Crippen molar-refractivity contribution in [1.29, 1.82) is 0 Å². The first-order valence-corrected chi connectivity index (χ1v) is 8.85. The average Bonchev–Trinajstić information content (AvgIpc) is 3.15. The summed E-state index contributed by atoms with van der Waals surface area (Å²) in [5.41, 5.74) is 1.28. The molecule has 1 atom stereocenters. The van der Waals surface area contributed by atoms with Gasteiger partial charge in [0.2, 0.25) is 5.91 Å². The van der Waals surface area contributed by atoms with E-state index in [9.17, 15) is 9.59 Å². The average molecular weight is 331 g/mol. The number of hydrogen-bond acceptors (Lipinski definition) is 3. The number of carbonyl (C=O) groups is 2. The van der Waals surface area contributed by atoms with Gasteiger partial charge in [-0.2, -0.15) is 0 Å². The van der Waals surface area contributed by atoms with Crippen molar-refractivity contribution in [3.63, 3.8) is 0 Å². The second-order valence-electron chi connectivity index (χ2n) is 6.77. The normalized spacial score (nSPS) is 21.8. The molecule has 1 aromatic rings. The number of aryl methyl sites for hydroxylation is 1. The second kappa shape index (κ2) is 7.79. The van der Waals surface area contributed by atoms with E-state index < -0.39 is 5.97 Å². The van der Waals surface area contributed by atoms with Gasteiger partial charge in [-0.15, -0.1) is 0 Å². The highest BCUT2D eigenvalue weighted by molar-refractivity contribution is 5.87. The number of carbonyl (C=O) groups excluding carboxylic acids is 1. The van der Waals surface area contributed by atoms with Crippen molar-refractivity contribution in [2.45, 2.75) is 44.6 Å². The van der Waals surface area contributed by atoms with Crippen molar-refractivity contribution in [2.24, 2.45) is 5.92 Å². The van der Waals surface area contributed by atoms with Gasteiger partial charge in [-0.1, -0.05) is 12.1 Å². The van der Waals surface area contributed by atoms with Crippen LogP contribution in [0.5, 0.6) is 0 Å². The Morgan fingerprint density at radius 1 is 1.12 bits per heavy atom. The Bertz CT molecular complexity index is 570. The van der Waals surface area contributed by atoms with Crippen molar-refractivity contribution >= 4 is 11.9 Å². The molecule has 1 aromatic carbocycles. The van der Waals surface area contributed by atoms with Gasteiger partial charge < -0.3 is 14.7 Å². The van der Waals surface area contributed by atoms with Crippen molar-refractivity contribution in [2.75, 3.05) is 19.7 Å². The molecular weight excluding hydrogens is 306 g/mol. The number of amides is 1. The fourth-order valence-electron chi connectivity index (χ4n) is 3.72. The summed E-state index contributed by atoms with van der Waals surface area (Å²) in [7, 11) is 0. The summed E-state index contributed by atoms with van der Waals surface area (Å²) in [6.45, 7) is 2.56. The SMILES string of the molecule is O=C(O)c1ccc(CCC(=O)N2CCC(C3CCCO3)CC2)cc1. The molecule has 0 aliphatic carbocycles. The Balaban J connectivity index is 1.43. The lowest BCUT2D eigenvalue weighted by Crippen LogP contribution is -2.41. The van der Waals surface area contributed by atoms with Crippen LogP contribution in [0, 0.1) is 5.92 Å². The molecule has 2 heterocycles. The number of carboxylic acids is 1. The number of nitrogens with zero attached hydrogens (tertiary/aromatic N) is 1. The summed E-state index contributed by atoms with van der Waals surface area (Å²) in [6.07, 6.45) is 5.99. The molecule has 2 aliphatic rings. The van der Waals surface area contributed by atoms with Crippen LogP contribution in [-0.2, 0) is 16.0 Å². The molecule has 0 saturated carbocycles. The van der Waals surface area contributed by atoms with Gasteiger partial charge in [0, 0.05) is 26.1 Å². The number of likely N-dealkylation sites (tertiary alicyclic amines) is 1. The first-order chi connectivity index (χ1) is 11.6. The number of benzene rings is 1. The van der Waals surface area contributed by atoms with Crippen LogP contribution >= 0.6 is 0 Å². The van der Waals surface area contributed by atoms with E-state index in [-0.39, 0.29) is 11.5 Å². The zero-order valence-corrected chi connectivity index (χ0v) is 13.9. The van der Waals surface area contributed by atoms with Gasteiger partial charge in [-0.3, -0.25) is 4.79 Å². The van der Waals surface area contributed by atoms with E-state index >= 15 is 0 Å². The summed E-state index contributed by atoms with van der Waals surface area (Å²) in [4.78, 5) is 25.2. The van der Waals surface area contributed by atoms with Gasteiger partial charge in [-0.05, 0) is 55.7 Å². The molecular formula is C19H25NO4. The molecule has 24 heavy (non-hydrogen) atoms. The van der Waals surface area contributed by atoms with Crippen molar-refractivity contribution in [3.8, 4) is 0 Å². The number of carboxylic acid groups (broad SMARTS) is 1. The maximum atomic E-state index is 12.4. The highest BCUT2D eigenvalue weighted by atomic mass is 16.5. The molecule has 2 fully saturated rings. The van der Waals surface area contributed by atoms with Crippen molar-refractivity contribution in [3.05, 3.63) is 35.4 Å². The molecule has 1 amide bonds. The second-order valence-corrected chi connectivity index (χ2v) is 6.77. The number of hydrogen-bond donors (Lipinski definition) is 1. The fraction of sp³-hybridized carbons (Fsp3) is 0.579. The minimum Gasteiger partial charge on any atom is -0.478 e. The third-order valence-electron chi connectivity index (χ3n) is 5.21. The van der Waals surface area contributed by atoms with E-state index in [1.54, 1.807) is 24.3 Å². The maximum absolute atomic E-state index is 12.4. The molecule has 0 aromatic heterocycles. The lowest BCUT2D eigenvalue weighted by Gasteiger charge is -2.34. The summed E-state index contributed by atoms with van der Waals surface area (Å²) in [5, 5.41) is 8.89. The van der Waals surface area contributed by atoms with E-state index in [0.29, 0.717) is 24.9 Å². The quantitative estimate of drug-likeness (QED) is 0.901.